The third-order valence-corrected chi connectivity index (χ3v) is 5.78. The Balaban J connectivity index is 1.53. The Kier molecular flexibility index (Phi) is 5.37. The van der Waals surface area contributed by atoms with Crippen LogP contribution in [0, 0.1) is 24.1 Å². The van der Waals surface area contributed by atoms with Crippen LogP contribution >= 0.6 is 11.3 Å². The molecular weight excluding hydrogens is 430 g/mol. The number of nitriles is 1. The minimum atomic E-state index is -4.41. The highest BCUT2D eigenvalue weighted by molar-refractivity contribution is 7.13. The maximum atomic E-state index is 14.4. The molecule has 4 rings (SSSR count). The van der Waals surface area contributed by atoms with Gasteiger partial charge in [-0.15, -0.1) is 11.3 Å². The number of alkyl halides is 3. The van der Waals surface area contributed by atoms with Gasteiger partial charge in [-0.2, -0.15) is 18.4 Å². The number of hydrogen-bond acceptors (Lipinski definition) is 5. The molecular formula is C21H15F4N5S. The van der Waals surface area contributed by atoms with Gasteiger partial charge in [0.05, 0.1) is 21.7 Å². The smallest absolute Gasteiger partial charge is 0.368 e. The predicted molar refractivity (Wildman–Crippen MR) is 110 cm³/mol. The van der Waals surface area contributed by atoms with Crippen LogP contribution in [0.5, 0.6) is 0 Å². The Morgan fingerprint density at radius 3 is 2.71 bits per heavy atom. The Morgan fingerprint density at radius 2 is 2.00 bits per heavy atom. The Hall–Kier alpha value is -3.45. The first-order valence-corrected chi connectivity index (χ1v) is 10.1. The third-order valence-electron chi connectivity index (χ3n) is 4.83. The summed E-state index contributed by atoms with van der Waals surface area (Å²) in [7, 11) is 0. The molecule has 3 aromatic heterocycles. The zero-order valence-electron chi connectivity index (χ0n) is 16.2. The van der Waals surface area contributed by atoms with Gasteiger partial charge in [-0.3, -0.25) is 0 Å². The van der Waals surface area contributed by atoms with E-state index in [1.807, 2.05) is 6.92 Å². The van der Waals surface area contributed by atoms with E-state index in [1.54, 1.807) is 22.8 Å². The van der Waals surface area contributed by atoms with Crippen molar-refractivity contribution in [3.63, 3.8) is 0 Å². The van der Waals surface area contributed by atoms with Crippen molar-refractivity contribution >= 4 is 28.1 Å². The van der Waals surface area contributed by atoms with Crippen molar-refractivity contribution in [1.29, 1.82) is 5.26 Å². The van der Waals surface area contributed by atoms with Gasteiger partial charge in [-0.05, 0) is 30.7 Å². The summed E-state index contributed by atoms with van der Waals surface area (Å²) in [4.78, 5) is 8.51. The van der Waals surface area contributed by atoms with E-state index in [1.165, 1.54) is 12.4 Å². The number of aryl methyl sites for hydroxylation is 1. The van der Waals surface area contributed by atoms with Crippen molar-refractivity contribution in [3.05, 3.63) is 64.7 Å². The van der Waals surface area contributed by atoms with E-state index >= 15 is 0 Å². The lowest BCUT2D eigenvalue weighted by molar-refractivity contribution is -0.137. The molecule has 0 saturated heterocycles. The van der Waals surface area contributed by atoms with Gasteiger partial charge in [0.15, 0.2) is 0 Å². The van der Waals surface area contributed by atoms with Crippen molar-refractivity contribution in [2.75, 3.05) is 11.9 Å². The van der Waals surface area contributed by atoms with Crippen molar-refractivity contribution in [2.24, 2.45) is 0 Å². The van der Waals surface area contributed by atoms with E-state index in [2.05, 4.69) is 21.4 Å². The molecule has 0 unspecified atom stereocenters. The maximum absolute atomic E-state index is 14.4. The Labute approximate surface area is 178 Å². The highest BCUT2D eigenvalue weighted by Gasteiger charge is 2.31. The van der Waals surface area contributed by atoms with Crippen LogP contribution in [0.1, 0.15) is 16.8 Å². The molecule has 0 saturated carbocycles. The first-order valence-electron chi connectivity index (χ1n) is 9.18. The molecule has 1 N–H and O–H groups in total. The Morgan fingerprint density at radius 1 is 1.19 bits per heavy atom. The minimum absolute atomic E-state index is 0.295. The first-order chi connectivity index (χ1) is 14.8. The second kappa shape index (κ2) is 8.00. The van der Waals surface area contributed by atoms with Gasteiger partial charge in [-0.25, -0.2) is 14.4 Å². The number of rotatable bonds is 5. The molecule has 0 spiro atoms. The van der Waals surface area contributed by atoms with Crippen LogP contribution in [0.25, 0.3) is 21.5 Å². The highest BCUT2D eigenvalue weighted by Crippen LogP contribution is 2.36. The molecule has 5 nitrogen and oxygen atoms in total. The number of nitrogens with one attached hydrogen (secondary N) is 1. The molecule has 158 valence electrons. The summed E-state index contributed by atoms with van der Waals surface area (Å²) < 4.78 is 54.5. The van der Waals surface area contributed by atoms with E-state index in [4.69, 9.17) is 0 Å². The molecule has 0 amide bonds. The molecule has 0 aliphatic rings. The fraction of sp³-hybridized carbons (Fsp3) is 0.190. The summed E-state index contributed by atoms with van der Waals surface area (Å²) in [5, 5.41) is 14.2. The van der Waals surface area contributed by atoms with Crippen molar-refractivity contribution in [3.8, 4) is 16.6 Å². The zero-order chi connectivity index (χ0) is 22.2. The molecule has 0 aliphatic heterocycles. The van der Waals surface area contributed by atoms with Crippen LogP contribution in [-0.4, -0.2) is 21.1 Å². The molecule has 4 aromatic rings. The number of nitrogens with zero attached hydrogens (tertiary/aromatic N) is 4. The van der Waals surface area contributed by atoms with Gasteiger partial charge in [0.1, 0.15) is 29.7 Å². The molecule has 1 aromatic carbocycles. The third kappa shape index (κ3) is 4.09. The first kappa shape index (κ1) is 20.8. The second-order valence-corrected chi connectivity index (χ2v) is 7.74. The zero-order valence-corrected chi connectivity index (χ0v) is 17.0. The number of aromatic nitrogens is 3. The van der Waals surface area contributed by atoms with Crippen LogP contribution in [-0.2, 0) is 12.7 Å². The fourth-order valence-electron chi connectivity index (χ4n) is 3.30. The number of anilines is 1. The average Bonchev–Trinajstić information content (AvgIpc) is 3.37. The monoisotopic (exact) mass is 445 g/mol. The van der Waals surface area contributed by atoms with E-state index in [0.29, 0.717) is 46.1 Å². The van der Waals surface area contributed by atoms with E-state index in [-0.39, 0.29) is 0 Å². The number of halogens is 4. The number of benzene rings is 1. The van der Waals surface area contributed by atoms with Crippen molar-refractivity contribution < 1.29 is 17.6 Å². The highest BCUT2D eigenvalue weighted by atomic mass is 32.1. The minimum Gasteiger partial charge on any atom is -0.368 e. The number of thiophene rings is 1. The largest absolute Gasteiger partial charge is 0.417 e. The van der Waals surface area contributed by atoms with Crippen LogP contribution in [0.15, 0.2) is 42.0 Å². The number of fused-ring (bicyclic) bond motifs is 1. The second-order valence-electron chi connectivity index (χ2n) is 6.83. The van der Waals surface area contributed by atoms with Crippen LogP contribution in [0.3, 0.4) is 0 Å². The fourth-order valence-corrected chi connectivity index (χ4v) is 4.19. The SMILES string of the molecule is Cc1ccc(F)c2c1cc(C#N)n2CCNc1cc(-c2cc(C(F)(F)F)cs2)ncn1. The van der Waals surface area contributed by atoms with Gasteiger partial charge in [0.25, 0.3) is 0 Å². The normalized spacial score (nSPS) is 11.6. The maximum Gasteiger partial charge on any atom is 0.417 e. The van der Waals surface area contributed by atoms with Crippen LogP contribution < -0.4 is 5.32 Å². The molecule has 0 atom stereocenters. The van der Waals surface area contributed by atoms with Crippen LogP contribution in [0.2, 0.25) is 0 Å². The molecule has 0 radical (unpaired) electrons. The van der Waals surface area contributed by atoms with Crippen molar-refractivity contribution in [1.82, 2.24) is 14.5 Å². The molecule has 31 heavy (non-hydrogen) atoms. The van der Waals surface area contributed by atoms with E-state index in [9.17, 15) is 22.8 Å². The molecule has 0 bridgehead atoms. The molecule has 0 fully saturated rings. The lowest BCUT2D eigenvalue weighted by Crippen LogP contribution is -2.13. The molecule has 3 heterocycles. The van der Waals surface area contributed by atoms with E-state index < -0.39 is 17.6 Å². The summed E-state index contributed by atoms with van der Waals surface area (Å²) in [6, 6.07) is 9.38. The topological polar surface area (TPSA) is 66.5 Å². The number of hydrogen-bond donors (Lipinski definition) is 1. The van der Waals surface area contributed by atoms with Gasteiger partial charge in [0, 0.05) is 29.9 Å². The summed E-state index contributed by atoms with van der Waals surface area (Å²) in [5.74, 6) is 0.00293. The quantitative estimate of drug-likeness (QED) is 0.406. The molecule has 0 aliphatic carbocycles. The Bertz CT molecular complexity index is 1300. The van der Waals surface area contributed by atoms with Crippen molar-refractivity contribution in [2.45, 2.75) is 19.6 Å². The van der Waals surface area contributed by atoms with Crippen LogP contribution in [0.4, 0.5) is 23.4 Å². The van der Waals surface area contributed by atoms with Gasteiger partial charge in [-0.1, -0.05) is 6.07 Å². The van der Waals surface area contributed by atoms with Gasteiger partial charge < -0.3 is 9.88 Å². The van der Waals surface area contributed by atoms with E-state index in [0.717, 1.165) is 28.3 Å². The van der Waals surface area contributed by atoms with Gasteiger partial charge in [0.2, 0.25) is 0 Å². The standard InChI is InChI=1S/C21H15F4N5S/c1-12-2-3-16(22)20-15(12)7-14(9-26)30(20)5-4-27-19-8-17(28-11-29-19)18-6-13(10-31-18)21(23,24)25/h2-3,6-8,10-11H,4-5H2,1H3,(H,27,28,29). The lowest BCUT2D eigenvalue weighted by Gasteiger charge is -2.10. The summed E-state index contributed by atoms with van der Waals surface area (Å²) in [6.07, 6.45) is -3.14. The predicted octanol–water partition coefficient (Wildman–Crippen LogP) is 5.61. The molecule has 10 heteroatoms. The summed E-state index contributed by atoms with van der Waals surface area (Å²) in [5.41, 5.74) is 1.21. The lowest BCUT2D eigenvalue weighted by atomic mass is 10.1. The summed E-state index contributed by atoms with van der Waals surface area (Å²) >= 11 is 0.949. The summed E-state index contributed by atoms with van der Waals surface area (Å²) in [6.45, 7) is 2.46. The average molecular weight is 445 g/mol. The van der Waals surface area contributed by atoms with Gasteiger partial charge >= 0.3 is 6.18 Å².